The van der Waals surface area contributed by atoms with Crippen molar-refractivity contribution in [1.82, 2.24) is 19.4 Å². The summed E-state index contributed by atoms with van der Waals surface area (Å²) in [5.41, 5.74) is 6.13. The molecule has 0 fully saturated rings. The van der Waals surface area contributed by atoms with Crippen LogP contribution in [0.25, 0.3) is 39.5 Å². The van der Waals surface area contributed by atoms with Gasteiger partial charge in [0.25, 0.3) is 0 Å². The smallest absolute Gasteiger partial charge is 0.304 e. The van der Waals surface area contributed by atoms with Gasteiger partial charge < -0.3 is 4.98 Å². The number of halogens is 1. The van der Waals surface area contributed by atoms with E-state index in [0.29, 0.717) is 16.4 Å². The molecule has 2 aromatic carbocycles. The third-order valence-corrected chi connectivity index (χ3v) is 5.25. The molecule has 0 bridgehead atoms. The maximum atomic E-state index is 12.5. The highest BCUT2D eigenvalue weighted by Crippen LogP contribution is 2.33. The summed E-state index contributed by atoms with van der Waals surface area (Å²) in [6.45, 7) is 2.03. The van der Waals surface area contributed by atoms with E-state index in [9.17, 15) is 4.79 Å². The van der Waals surface area contributed by atoms with Gasteiger partial charge in [-0.05, 0) is 37.3 Å². The van der Waals surface area contributed by atoms with Gasteiger partial charge in [0.1, 0.15) is 5.65 Å². The van der Waals surface area contributed by atoms with Crippen molar-refractivity contribution >= 4 is 17.2 Å². The first-order valence-corrected chi connectivity index (χ1v) is 9.88. The number of nitrogens with zero attached hydrogens (tertiary/aromatic N) is 3. The standard InChI is InChI=1S/C24H17ClN4O/c1-15-5-7-16(8-6-15)19-14-20(27-24(30)26-19)23-22(17-9-11-18(25)12-10-17)28-21-4-2-3-13-29(21)23/h2-14H,1H3,(H,26,27,30). The molecule has 5 aromatic rings. The minimum Gasteiger partial charge on any atom is -0.304 e. The minimum atomic E-state index is -0.406. The Labute approximate surface area is 177 Å². The number of hydrogen-bond donors (Lipinski definition) is 1. The van der Waals surface area contributed by atoms with Crippen LogP contribution in [0.1, 0.15) is 5.56 Å². The molecule has 3 heterocycles. The molecule has 0 amide bonds. The SMILES string of the molecule is Cc1ccc(-c2cc(-c3c(-c4ccc(Cl)cc4)nc4ccccn34)[nH]c(=O)n2)cc1. The second kappa shape index (κ2) is 7.28. The Morgan fingerprint density at radius 1 is 0.900 bits per heavy atom. The fourth-order valence-electron chi connectivity index (χ4n) is 3.52. The Balaban J connectivity index is 1.77. The monoisotopic (exact) mass is 412 g/mol. The van der Waals surface area contributed by atoms with E-state index < -0.39 is 5.69 Å². The molecule has 0 aliphatic heterocycles. The van der Waals surface area contributed by atoms with Gasteiger partial charge in [0.15, 0.2) is 0 Å². The molecule has 1 N–H and O–H groups in total. The lowest BCUT2D eigenvalue weighted by molar-refractivity contribution is 1.07. The minimum absolute atomic E-state index is 0.406. The van der Waals surface area contributed by atoms with Gasteiger partial charge in [-0.25, -0.2) is 9.78 Å². The zero-order valence-electron chi connectivity index (χ0n) is 16.1. The number of benzene rings is 2. The van der Waals surface area contributed by atoms with Gasteiger partial charge in [-0.1, -0.05) is 59.6 Å². The van der Waals surface area contributed by atoms with Crippen molar-refractivity contribution in [3.05, 3.63) is 100 Å². The summed E-state index contributed by atoms with van der Waals surface area (Å²) in [4.78, 5) is 24.3. The molecule has 3 aromatic heterocycles. The first kappa shape index (κ1) is 18.3. The normalized spacial score (nSPS) is 11.1. The van der Waals surface area contributed by atoms with Crippen LogP contribution in [0.2, 0.25) is 5.02 Å². The summed E-state index contributed by atoms with van der Waals surface area (Å²) in [5.74, 6) is 0. The molecule has 30 heavy (non-hydrogen) atoms. The van der Waals surface area contributed by atoms with Crippen LogP contribution in [0.5, 0.6) is 0 Å². The molecule has 0 spiro atoms. The van der Waals surface area contributed by atoms with Crippen molar-refractivity contribution in [2.24, 2.45) is 0 Å². The highest BCUT2D eigenvalue weighted by Gasteiger charge is 2.18. The van der Waals surface area contributed by atoms with Gasteiger partial charge >= 0.3 is 5.69 Å². The van der Waals surface area contributed by atoms with Crippen molar-refractivity contribution in [2.45, 2.75) is 6.92 Å². The van der Waals surface area contributed by atoms with Crippen molar-refractivity contribution < 1.29 is 0 Å². The summed E-state index contributed by atoms with van der Waals surface area (Å²) in [7, 11) is 0. The number of H-pyrrole nitrogens is 1. The van der Waals surface area contributed by atoms with Crippen LogP contribution in [-0.2, 0) is 0 Å². The molecule has 146 valence electrons. The summed E-state index contributed by atoms with van der Waals surface area (Å²) in [6.07, 6.45) is 1.93. The second-order valence-corrected chi connectivity index (χ2v) is 7.53. The number of fused-ring (bicyclic) bond motifs is 1. The fraction of sp³-hybridized carbons (Fsp3) is 0.0417. The molecular weight excluding hydrogens is 396 g/mol. The van der Waals surface area contributed by atoms with Gasteiger partial charge in [-0.15, -0.1) is 0 Å². The summed E-state index contributed by atoms with van der Waals surface area (Å²) in [5, 5.41) is 0.656. The third-order valence-electron chi connectivity index (χ3n) is 4.99. The van der Waals surface area contributed by atoms with Crippen LogP contribution < -0.4 is 5.69 Å². The van der Waals surface area contributed by atoms with E-state index in [1.54, 1.807) is 0 Å². The molecule has 5 rings (SSSR count). The number of rotatable bonds is 3. The van der Waals surface area contributed by atoms with Gasteiger partial charge in [-0.3, -0.25) is 4.40 Å². The molecule has 0 saturated heterocycles. The maximum absolute atomic E-state index is 12.5. The largest absolute Gasteiger partial charge is 0.346 e. The van der Waals surface area contributed by atoms with Crippen LogP contribution in [-0.4, -0.2) is 19.4 Å². The molecule has 0 aliphatic rings. The Hall–Kier alpha value is -3.70. The quantitative estimate of drug-likeness (QED) is 0.432. The highest BCUT2D eigenvalue weighted by atomic mass is 35.5. The summed E-state index contributed by atoms with van der Waals surface area (Å²) < 4.78 is 1.97. The summed E-state index contributed by atoms with van der Waals surface area (Å²) in [6, 6.07) is 23.2. The molecule has 0 aliphatic carbocycles. The Morgan fingerprint density at radius 2 is 1.63 bits per heavy atom. The lowest BCUT2D eigenvalue weighted by atomic mass is 10.1. The van der Waals surface area contributed by atoms with Gasteiger partial charge in [0, 0.05) is 22.3 Å². The van der Waals surface area contributed by atoms with Gasteiger partial charge in [0.05, 0.1) is 22.8 Å². The van der Waals surface area contributed by atoms with E-state index in [-0.39, 0.29) is 0 Å². The average Bonchev–Trinajstić information content (AvgIpc) is 3.14. The van der Waals surface area contributed by atoms with Gasteiger partial charge in [-0.2, -0.15) is 4.98 Å². The fourth-order valence-corrected chi connectivity index (χ4v) is 3.65. The number of aryl methyl sites for hydroxylation is 1. The zero-order valence-corrected chi connectivity index (χ0v) is 16.9. The number of pyridine rings is 1. The van der Waals surface area contributed by atoms with Crippen molar-refractivity contribution in [2.75, 3.05) is 0 Å². The van der Waals surface area contributed by atoms with Gasteiger partial charge in [0.2, 0.25) is 0 Å². The number of hydrogen-bond acceptors (Lipinski definition) is 3. The van der Waals surface area contributed by atoms with Crippen molar-refractivity contribution in [1.29, 1.82) is 0 Å². The van der Waals surface area contributed by atoms with Crippen LogP contribution >= 0.6 is 11.6 Å². The number of imidazole rings is 1. The average molecular weight is 413 g/mol. The molecule has 0 saturated carbocycles. The zero-order chi connectivity index (χ0) is 20.7. The van der Waals surface area contributed by atoms with E-state index in [2.05, 4.69) is 9.97 Å². The first-order valence-electron chi connectivity index (χ1n) is 9.50. The lowest BCUT2D eigenvalue weighted by Crippen LogP contribution is -2.12. The number of aromatic amines is 1. The third kappa shape index (κ3) is 3.29. The molecule has 5 nitrogen and oxygen atoms in total. The predicted octanol–water partition coefficient (Wildman–Crippen LogP) is 5.38. The highest BCUT2D eigenvalue weighted by molar-refractivity contribution is 6.30. The number of aromatic nitrogens is 4. The van der Waals surface area contributed by atoms with Crippen molar-refractivity contribution in [3.63, 3.8) is 0 Å². The van der Waals surface area contributed by atoms with E-state index in [4.69, 9.17) is 16.6 Å². The van der Waals surface area contributed by atoms with E-state index in [1.807, 2.05) is 90.3 Å². The molecule has 0 radical (unpaired) electrons. The molecule has 0 unspecified atom stereocenters. The number of nitrogens with one attached hydrogen (secondary N) is 1. The molecule has 6 heteroatoms. The maximum Gasteiger partial charge on any atom is 0.346 e. The van der Waals surface area contributed by atoms with E-state index in [1.165, 1.54) is 0 Å². The molecular formula is C24H17ClN4O. The Bertz CT molecular complexity index is 1420. The summed E-state index contributed by atoms with van der Waals surface area (Å²) >= 11 is 6.07. The first-order chi connectivity index (χ1) is 14.6. The van der Waals surface area contributed by atoms with Crippen molar-refractivity contribution in [3.8, 4) is 33.9 Å². The Kier molecular flexibility index (Phi) is 4.45. The van der Waals surface area contributed by atoms with Crippen LogP contribution in [0.3, 0.4) is 0 Å². The predicted molar refractivity (Wildman–Crippen MR) is 120 cm³/mol. The topological polar surface area (TPSA) is 63.1 Å². The Morgan fingerprint density at radius 3 is 2.40 bits per heavy atom. The van der Waals surface area contributed by atoms with Crippen LogP contribution in [0, 0.1) is 6.92 Å². The van der Waals surface area contributed by atoms with Crippen LogP contribution in [0.15, 0.2) is 83.8 Å². The van der Waals surface area contributed by atoms with E-state index in [0.717, 1.165) is 33.7 Å². The van der Waals surface area contributed by atoms with Crippen LogP contribution in [0.4, 0.5) is 0 Å². The van der Waals surface area contributed by atoms with E-state index >= 15 is 0 Å². The second-order valence-electron chi connectivity index (χ2n) is 7.10. The lowest BCUT2D eigenvalue weighted by Gasteiger charge is -2.08. The molecule has 0 atom stereocenters.